The van der Waals surface area contributed by atoms with Crippen LogP contribution in [0.15, 0.2) is 4.76 Å². The number of hydrogen-bond acceptors (Lipinski definition) is 4. The number of alkyl halides is 3. The van der Waals surface area contributed by atoms with Crippen molar-refractivity contribution in [2.24, 2.45) is 4.76 Å². The SMILES string of the molecule is FC(F)(F)C(=NP(=S)(N1CCOCC1)N1CCOCC1)N1CCOCC1. The molecule has 0 aromatic rings. The van der Waals surface area contributed by atoms with E-state index >= 15 is 0 Å². The summed E-state index contributed by atoms with van der Waals surface area (Å²) >= 11 is 5.86. The number of nitrogens with zero attached hydrogens (tertiary/aromatic N) is 4. The Morgan fingerprint density at radius 2 is 1.15 bits per heavy atom. The first-order chi connectivity index (χ1) is 12.4. The van der Waals surface area contributed by atoms with E-state index < -0.39 is 18.5 Å². The molecule has 3 saturated heterocycles. The van der Waals surface area contributed by atoms with Crippen molar-refractivity contribution in [2.45, 2.75) is 6.18 Å². The first-order valence-corrected chi connectivity index (χ1v) is 11.3. The monoisotopic (exact) mass is 416 g/mol. The zero-order valence-corrected chi connectivity index (χ0v) is 16.2. The number of morpholine rings is 3. The Morgan fingerprint density at radius 1 is 0.769 bits per heavy atom. The molecule has 0 unspecified atom stereocenters. The molecule has 0 aliphatic carbocycles. The summed E-state index contributed by atoms with van der Waals surface area (Å²) < 4.78 is 65.5. The lowest BCUT2D eigenvalue weighted by Gasteiger charge is -2.43. The van der Waals surface area contributed by atoms with E-state index in [9.17, 15) is 13.2 Å². The predicted octanol–water partition coefficient (Wildman–Crippen LogP) is 1.17. The van der Waals surface area contributed by atoms with E-state index in [1.54, 1.807) is 0 Å². The van der Waals surface area contributed by atoms with Gasteiger partial charge in [-0.1, -0.05) is 0 Å². The van der Waals surface area contributed by atoms with E-state index in [1.807, 2.05) is 9.34 Å². The highest BCUT2D eigenvalue weighted by Gasteiger charge is 2.44. The summed E-state index contributed by atoms with van der Waals surface area (Å²) in [6, 6.07) is 0. The van der Waals surface area contributed by atoms with E-state index in [0.717, 1.165) is 0 Å². The number of ether oxygens (including phenoxy) is 3. The van der Waals surface area contributed by atoms with Crippen molar-refractivity contribution in [1.29, 1.82) is 0 Å². The smallest absolute Gasteiger partial charge is 0.379 e. The zero-order chi connectivity index (χ0) is 18.6. The van der Waals surface area contributed by atoms with E-state index in [-0.39, 0.29) is 26.3 Å². The molecule has 0 spiro atoms. The minimum absolute atomic E-state index is 0.167. The van der Waals surface area contributed by atoms with Gasteiger partial charge >= 0.3 is 6.18 Å². The Hall–Kier alpha value is -0.290. The van der Waals surface area contributed by atoms with Crippen LogP contribution in [0.2, 0.25) is 0 Å². The lowest BCUT2D eigenvalue weighted by Crippen LogP contribution is -2.48. The van der Waals surface area contributed by atoms with Crippen molar-refractivity contribution in [2.75, 3.05) is 78.9 Å². The molecule has 0 amide bonds. The number of halogens is 3. The van der Waals surface area contributed by atoms with Crippen LogP contribution >= 0.6 is 6.49 Å². The first-order valence-electron chi connectivity index (χ1n) is 8.68. The van der Waals surface area contributed by atoms with Gasteiger partial charge in [0.1, 0.15) is 0 Å². The largest absolute Gasteiger partial charge is 0.449 e. The van der Waals surface area contributed by atoms with Gasteiger partial charge in [0.05, 0.1) is 39.6 Å². The fourth-order valence-corrected chi connectivity index (χ4v) is 6.81. The normalized spacial score (nSPS) is 25.5. The van der Waals surface area contributed by atoms with Crippen molar-refractivity contribution in [3.8, 4) is 0 Å². The standard InChI is InChI=1S/C14H24F3N4O3PS/c15-14(16,17)13(19-1-7-22-8-2-19)18-25(26,20-3-9-23-10-4-20)21-5-11-24-12-6-21/h1-12H2. The molecule has 12 heteroatoms. The number of amidine groups is 1. The Balaban J connectivity index is 1.96. The molecule has 3 aliphatic heterocycles. The van der Waals surface area contributed by atoms with E-state index in [0.29, 0.717) is 52.6 Å². The average Bonchev–Trinajstić information content (AvgIpc) is 2.67. The van der Waals surface area contributed by atoms with Gasteiger partial charge in [-0.3, -0.25) is 0 Å². The minimum Gasteiger partial charge on any atom is -0.379 e. The van der Waals surface area contributed by atoms with Gasteiger partial charge in [0.15, 0.2) is 6.49 Å². The van der Waals surface area contributed by atoms with E-state index in [1.165, 1.54) is 4.90 Å². The second-order valence-electron chi connectivity index (χ2n) is 6.17. The van der Waals surface area contributed by atoms with Crippen LogP contribution < -0.4 is 0 Å². The Kier molecular flexibility index (Phi) is 6.93. The molecule has 0 saturated carbocycles. The van der Waals surface area contributed by atoms with Gasteiger partial charge in [0.2, 0.25) is 5.84 Å². The van der Waals surface area contributed by atoms with Gasteiger partial charge in [0.25, 0.3) is 0 Å². The molecule has 0 radical (unpaired) electrons. The van der Waals surface area contributed by atoms with Gasteiger partial charge in [-0.05, 0) is 11.8 Å². The highest BCUT2D eigenvalue weighted by molar-refractivity contribution is 8.11. The second kappa shape index (κ2) is 8.81. The summed E-state index contributed by atoms with van der Waals surface area (Å²) in [5.41, 5.74) is 0. The maximum absolute atomic E-state index is 13.8. The lowest BCUT2D eigenvalue weighted by molar-refractivity contribution is -0.0730. The topological polar surface area (TPSA) is 49.8 Å². The molecule has 3 aliphatic rings. The summed E-state index contributed by atoms with van der Waals surface area (Å²) in [6.07, 6.45) is -4.56. The summed E-state index contributed by atoms with van der Waals surface area (Å²) in [5.74, 6) is -0.873. The molecule has 0 aromatic heterocycles. The predicted molar refractivity (Wildman–Crippen MR) is 95.0 cm³/mol. The van der Waals surface area contributed by atoms with Gasteiger partial charge in [-0.2, -0.15) is 13.2 Å². The molecule has 3 heterocycles. The van der Waals surface area contributed by atoms with Crippen molar-refractivity contribution < 1.29 is 27.4 Å². The Morgan fingerprint density at radius 3 is 1.54 bits per heavy atom. The molecule has 150 valence electrons. The highest BCUT2D eigenvalue weighted by atomic mass is 32.4. The molecule has 26 heavy (non-hydrogen) atoms. The Labute approximate surface area is 156 Å². The molecule has 7 nitrogen and oxygen atoms in total. The van der Waals surface area contributed by atoms with Crippen LogP contribution in [-0.2, 0) is 26.0 Å². The van der Waals surface area contributed by atoms with Crippen molar-refractivity contribution in [3.63, 3.8) is 0 Å². The number of rotatable bonds is 3. The average molecular weight is 416 g/mol. The lowest BCUT2D eigenvalue weighted by atomic mass is 10.4. The summed E-state index contributed by atoms with van der Waals surface area (Å²) in [7, 11) is 0. The van der Waals surface area contributed by atoms with Gasteiger partial charge < -0.3 is 19.1 Å². The second-order valence-corrected chi connectivity index (χ2v) is 9.99. The molecule has 3 rings (SSSR count). The third-order valence-corrected chi connectivity index (χ3v) is 8.86. The molecular formula is C14H24F3N4O3PS. The Bertz CT molecular complexity index is 526. The van der Waals surface area contributed by atoms with Crippen LogP contribution in [0.3, 0.4) is 0 Å². The fourth-order valence-electron chi connectivity index (χ4n) is 3.13. The minimum atomic E-state index is -4.56. The third kappa shape index (κ3) is 4.76. The van der Waals surface area contributed by atoms with Crippen LogP contribution in [-0.4, -0.2) is 105 Å². The summed E-state index contributed by atoms with van der Waals surface area (Å²) in [4.78, 5) is 1.26. The summed E-state index contributed by atoms with van der Waals surface area (Å²) in [5, 5.41) is 0. The van der Waals surface area contributed by atoms with Crippen LogP contribution in [0.1, 0.15) is 0 Å². The van der Waals surface area contributed by atoms with Crippen molar-refractivity contribution in [3.05, 3.63) is 0 Å². The van der Waals surface area contributed by atoms with Gasteiger partial charge in [-0.25, -0.2) is 14.1 Å². The van der Waals surface area contributed by atoms with Crippen molar-refractivity contribution >= 4 is 24.1 Å². The number of hydrogen-bond donors (Lipinski definition) is 0. The molecule has 0 atom stereocenters. The van der Waals surface area contributed by atoms with Crippen LogP contribution in [0.5, 0.6) is 0 Å². The first kappa shape index (κ1) is 20.4. The summed E-state index contributed by atoms with van der Waals surface area (Å²) in [6.45, 7) is 1.68. The van der Waals surface area contributed by atoms with E-state index in [2.05, 4.69) is 4.76 Å². The maximum Gasteiger partial charge on any atom is 0.449 e. The fraction of sp³-hybridized carbons (Fsp3) is 0.929. The van der Waals surface area contributed by atoms with Crippen LogP contribution in [0.25, 0.3) is 0 Å². The molecule has 0 N–H and O–H groups in total. The quantitative estimate of drug-likeness (QED) is 0.389. The third-order valence-electron chi connectivity index (χ3n) is 4.50. The van der Waals surface area contributed by atoms with Crippen LogP contribution in [0, 0.1) is 0 Å². The zero-order valence-electron chi connectivity index (χ0n) is 14.5. The van der Waals surface area contributed by atoms with Crippen molar-refractivity contribution in [1.82, 2.24) is 14.2 Å². The maximum atomic E-state index is 13.8. The molecule has 0 aromatic carbocycles. The molecular weight excluding hydrogens is 392 g/mol. The van der Waals surface area contributed by atoms with Crippen LogP contribution in [0.4, 0.5) is 13.2 Å². The van der Waals surface area contributed by atoms with Gasteiger partial charge in [-0.15, -0.1) is 0 Å². The molecule has 0 bridgehead atoms. The highest BCUT2D eigenvalue weighted by Crippen LogP contribution is 2.56. The molecule has 3 fully saturated rings. The van der Waals surface area contributed by atoms with Gasteiger partial charge in [0, 0.05) is 39.3 Å². The van der Waals surface area contributed by atoms with E-state index in [4.69, 9.17) is 26.0 Å².